The molecule has 5 heteroatoms. The van der Waals surface area contributed by atoms with Gasteiger partial charge in [0.2, 0.25) is 0 Å². The highest BCUT2D eigenvalue weighted by Gasteiger charge is 2.14. The number of carbonyl (C=O) groups is 1. The molecule has 1 amide bonds. The Labute approximate surface area is 145 Å². The fraction of sp³-hybridized carbons (Fsp3) is 0.250. The molecular weight excluding hydrogens is 317 g/mol. The highest BCUT2D eigenvalue weighted by atomic mass is 19.1. The van der Waals surface area contributed by atoms with E-state index < -0.39 is 0 Å². The Balaban J connectivity index is 1.47. The van der Waals surface area contributed by atoms with Crippen molar-refractivity contribution in [2.45, 2.75) is 19.4 Å². The minimum Gasteiger partial charge on any atom is -0.374 e. The summed E-state index contributed by atoms with van der Waals surface area (Å²) in [4.78, 5) is 17.7. The van der Waals surface area contributed by atoms with Gasteiger partial charge in [-0.1, -0.05) is 12.1 Å². The van der Waals surface area contributed by atoms with Gasteiger partial charge in [-0.25, -0.2) is 4.39 Å². The van der Waals surface area contributed by atoms with Gasteiger partial charge in [-0.3, -0.25) is 4.79 Å². The molecule has 0 bridgehead atoms. The van der Waals surface area contributed by atoms with Crippen LogP contribution in [0.15, 0.2) is 42.5 Å². The zero-order valence-electron chi connectivity index (χ0n) is 14.1. The molecule has 0 saturated heterocycles. The highest BCUT2D eigenvalue weighted by Crippen LogP contribution is 2.26. The van der Waals surface area contributed by atoms with E-state index in [9.17, 15) is 9.18 Å². The van der Waals surface area contributed by atoms with Crippen molar-refractivity contribution in [3.05, 3.63) is 65.1 Å². The van der Waals surface area contributed by atoms with Crippen LogP contribution in [-0.4, -0.2) is 24.5 Å². The third kappa shape index (κ3) is 3.09. The molecule has 0 fully saturated rings. The van der Waals surface area contributed by atoms with Crippen molar-refractivity contribution in [1.82, 2.24) is 10.3 Å². The van der Waals surface area contributed by atoms with Crippen LogP contribution in [0, 0.1) is 5.82 Å². The number of aryl methyl sites for hydroxylation is 1. The van der Waals surface area contributed by atoms with E-state index in [1.807, 2.05) is 0 Å². The molecule has 4 nitrogen and oxygen atoms in total. The maximum Gasteiger partial charge on any atom is 0.267 e. The third-order valence-corrected chi connectivity index (χ3v) is 4.78. The van der Waals surface area contributed by atoms with Crippen molar-refractivity contribution >= 4 is 22.5 Å². The lowest BCUT2D eigenvalue weighted by Gasteiger charge is -2.27. The van der Waals surface area contributed by atoms with Gasteiger partial charge in [-0.2, -0.15) is 0 Å². The van der Waals surface area contributed by atoms with Crippen molar-refractivity contribution in [2.24, 2.45) is 0 Å². The Morgan fingerprint density at radius 2 is 2.12 bits per heavy atom. The van der Waals surface area contributed by atoms with Gasteiger partial charge in [0, 0.05) is 36.7 Å². The summed E-state index contributed by atoms with van der Waals surface area (Å²) in [5.41, 5.74) is 4.90. The maximum atomic E-state index is 13.3. The summed E-state index contributed by atoms with van der Waals surface area (Å²) in [7, 11) is 2.11. The first kappa shape index (κ1) is 15.7. The van der Waals surface area contributed by atoms with E-state index in [0.717, 1.165) is 30.5 Å². The van der Waals surface area contributed by atoms with E-state index in [2.05, 4.69) is 40.4 Å². The number of rotatable bonds is 3. The van der Waals surface area contributed by atoms with Gasteiger partial charge in [0.05, 0.1) is 0 Å². The van der Waals surface area contributed by atoms with Crippen molar-refractivity contribution in [3.63, 3.8) is 0 Å². The SMILES string of the molecule is CN1CCCc2cc(CNC(=O)c3cc4cc(F)ccc4[nH]3)ccc21. The normalized spacial score (nSPS) is 13.8. The lowest BCUT2D eigenvalue weighted by Crippen LogP contribution is -2.26. The predicted octanol–water partition coefficient (Wildman–Crippen LogP) is 3.62. The molecule has 0 saturated carbocycles. The lowest BCUT2D eigenvalue weighted by atomic mass is 9.99. The Morgan fingerprint density at radius 1 is 1.24 bits per heavy atom. The second-order valence-corrected chi connectivity index (χ2v) is 6.59. The molecule has 1 aromatic heterocycles. The second-order valence-electron chi connectivity index (χ2n) is 6.59. The van der Waals surface area contributed by atoms with Crippen LogP contribution in [-0.2, 0) is 13.0 Å². The minimum atomic E-state index is -0.308. The van der Waals surface area contributed by atoms with Gasteiger partial charge in [-0.05, 0) is 54.3 Å². The molecule has 1 aliphatic heterocycles. The minimum absolute atomic E-state index is 0.188. The topological polar surface area (TPSA) is 48.1 Å². The Morgan fingerprint density at radius 3 is 3.00 bits per heavy atom. The quantitative estimate of drug-likeness (QED) is 0.767. The zero-order valence-corrected chi connectivity index (χ0v) is 14.1. The first-order chi connectivity index (χ1) is 12.1. The van der Waals surface area contributed by atoms with Crippen molar-refractivity contribution in [1.29, 1.82) is 0 Å². The summed E-state index contributed by atoms with van der Waals surface area (Å²) < 4.78 is 13.3. The number of carbonyl (C=O) groups excluding carboxylic acids is 1. The van der Waals surface area contributed by atoms with Crippen LogP contribution in [0.5, 0.6) is 0 Å². The fourth-order valence-corrected chi connectivity index (χ4v) is 3.45. The van der Waals surface area contributed by atoms with Crippen LogP contribution in [0.1, 0.15) is 28.0 Å². The van der Waals surface area contributed by atoms with Gasteiger partial charge in [-0.15, -0.1) is 0 Å². The Hall–Kier alpha value is -2.82. The van der Waals surface area contributed by atoms with Crippen LogP contribution < -0.4 is 10.2 Å². The first-order valence-electron chi connectivity index (χ1n) is 8.49. The largest absolute Gasteiger partial charge is 0.374 e. The van der Waals surface area contributed by atoms with Gasteiger partial charge in [0.1, 0.15) is 11.5 Å². The number of anilines is 1. The number of aromatic amines is 1. The van der Waals surface area contributed by atoms with E-state index in [1.165, 1.54) is 23.4 Å². The summed E-state index contributed by atoms with van der Waals surface area (Å²) in [5, 5.41) is 3.63. The number of amides is 1. The number of benzene rings is 2. The van der Waals surface area contributed by atoms with Crippen LogP contribution in [0.3, 0.4) is 0 Å². The van der Waals surface area contributed by atoms with Gasteiger partial charge in [0.15, 0.2) is 0 Å². The number of nitrogens with one attached hydrogen (secondary N) is 2. The number of nitrogens with zero attached hydrogens (tertiary/aromatic N) is 1. The standard InChI is InChI=1S/C20H20FN3O/c1-24-8-2-3-14-9-13(4-7-19(14)24)12-22-20(25)18-11-15-10-16(21)5-6-17(15)23-18/h4-7,9-11,23H,2-3,8,12H2,1H3,(H,22,25). The zero-order chi connectivity index (χ0) is 17.4. The van der Waals surface area contributed by atoms with Gasteiger partial charge in [0.25, 0.3) is 5.91 Å². The average molecular weight is 337 g/mol. The predicted molar refractivity (Wildman–Crippen MR) is 97.5 cm³/mol. The molecule has 25 heavy (non-hydrogen) atoms. The average Bonchev–Trinajstić information content (AvgIpc) is 3.03. The van der Waals surface area contributed by atoms with Crippen molar-refractivity contribution in [3.8, 4) is 0 Å². The molecule has 0 radical (unpaired) electrons. The summed E-state index contributed by atoms with van der Waals surface area (Å²) >= 11 is 0. The maximum absolute atomic E-state index is 13.3. The van der Waals surface area contributed by atoms with Crippen LogP contribution in [0.2, 0.25) is 0 Å². The number of aromatic nitrogens is 1. The first-order valence-corrected chi connectivity index (χ1v) is 8.49. The third-order valence-electron chi connectivity index (χ3n) is 4.78. The van der Waals surface area contributed by atoms with Crippen molar-refractivity contribution in [2.75, 3.05) is 18.5 Å². The number of halogens is 1. The number of H-pyrrole nitrogens is 1. The molecule has 1 aliphatic rings. The van der Waals surface area contributed by atoms with E-state index in [-0.39, 0.29) is 11.7 Å². The van der Waals surface area contributed by atoms with Crippen molar-refractivity contribution < 1.29 is 9.18 Å². The van der Waals surface area contributed by atoms with E-state index in [4.69, 9.17) is 0 Å². The molecule has 3 aromatic rings. The molecule has 4 rings (SSSR count). The molecule has 0 unspecified atom stereocenters. The van der Waals surface area contributed by atoms with Gasteiger partial charge < -0.3 is 15.2 Å². The second kappa shape index (κ2) is 6.24. The monoisotopic (exact) mass is 337 g/mol. The molecule has 2 heterocycles. The molecule has 128 valence electrons. The number of hydrogen-bond donors (Lipinski definition) is 2. The summed E-state index contributed by atoms with van der Waals surface area (Å²) in [5.74, 6) is -0.496. The highest BCUT2D eigenvalue weighted by molar-refractivity contribution is 5.97. The summed E-state index contributed by atoms with van der Waals surface area (Å²) in [6, 6.07) is 12.5. The lowest BCUT2D eigenvalue weighted by molar-refractivity contribution is 0.0946. The number of fused-ring (bicyclic) bond motifs is 2. The molecule has 2 aromatic carbocycles. The Bertz CT molecular complexity index is 947. The van der Waals surface area contributed by atoms with E-state index in [1.54, 1.807) is 12.1 Å². The molecule has 2 N–H and O–H groups in total. The number of hydrogen-bond acceptors (Lipinski definition) is 2. The molecule has 0 atom stereocenters. The summed E-state index contributed by atoms with van der Waals surface area (Å²) in [6.07, 6.45) is 2.24. The fourth-order valence-electron chi connectivity index (χ4n) is 3.45. The summed E-state index contributed by atoms with van der Waals surface area (Å²) in [6.45, 7) is 1.56. The molecule has 0 aliphatic carbocycles. The molecule has 0 spiro atoms. The van der Waals surface area contributed by atoms with E-state index in [0.29, 0.717) is 17.6 Å². The molecular formula is C20H20FN3O. The van der Waals surface area contributed by atoms with Crippen LogP contribution in [0.4, 0.5) is 10.1 Å². The van der Waals surface area contributed by atoms with Crippen LogP contribution in [0.25, 0.3) is 10.9 Å². The van der Waals surface area contributed by atoms with Crippen LogP contribution >= 0.6 is 0 Å². The van der Waals surface area contributed by atoms with E-state index >= 15 is 0 Å². The Kier molecular flexibility index (Phi) is 3.92. The smallest absolute Gasteiger partial charge is 0.267 e. The van der Waals surface area contributed by atoms with Gasteiger partial charge >= 0.3 is 0 Å².